The molecule has 1 aromatic rings. The highest BCUT2D eigenvalue weighted by Crippen LogP contribution is 2.39. The average Bonchev–Trinajstić information content (AvgIpc) is 2.40. The summed E-state index contributed by atoms with van der Waals surface area (Å²) in [5.41, 5.74) is 0.115. The van der Waals surface area contributed by atoms with Crippen LogP contribution in [0.25, 0.3) is 0 Å². The molecule has 0 saturated heterocycles. The molecular formula is C11H17BrN2O. The Bertz CT molecular complexity index is 336. The Morgan fingerprint density at radius 3 is 2.73 bits per heavy atom. The predicted molar refractivity (Wildman–Crippen MR) is 62.4 cm³/mol. The third-order valence-electron chi connectivity index (χ3n) is 3.32. The Labute approximate surface area is 98.6 Å². The lowest BCUT2D eigenvalue weighted by molar-refractivity contribution is 0.00843. The van der Waals surface area contributed by atoms with Crippen LogP contribution in [0.1, 0.15) is 38.3 Å². The van der Waals surface area contributed by atoms with Crippen LogP contribution in [-0.4, -0.2) is 14.9 Å². The number of aromatic nitrogens is 2. The molecule has 1 aliphatic carbocycles. The van der Waals surface area contributed by atoms with Gasteiger partial charge in [0, 0.05) is 7.05 Å². The molecule has 1 heterocycles. The van der Waals surface area contributed by atoms with E-state index in [1.807, 2.05) is 14.0 Å². The fourth-order valence-electron chi connectivity index (χ4n) is 2.37. The van der Waals surface area contributed by atoms with E-state index in [2.05, 4.69) is 21.0 Å². The summed E-state index contributed by atoms with van der Waals surface area (Å²) < 4.78 is 2.65. The second kappa shape index (κ2) is 3.91. The fourth-order valence-corrected chi connectivity index (χ4v) is 3.15. The van der Waals surface area contributed by atoms with Crippen LogP contribution in [0.4, 0.5) is 0 Å². The fraction of sp³-hybridized carbons (Fsp3) is 0.727. The summed E-state index contributed by atoms with van der Waals surface area (Å²) in [5, 5.41) is 14.6. The van der Waals surface area contributed by atoms with E-state index in [-0.39, 0.29) is 0 Å². The zero-order valence-electron chi connectivity index (χ0n) is 9.20. The normalized spacial score (nSPS) is 21.1. The molecule has 84 valence electrons. The number of hydrogen-bond acceptors (Lipinski definition) is 2. The first-order valence-electron chi connectivity index (χ1n) is 5.41. The van der Waals surface area contributed by atoms with Gasteiger partial charge in [-0.2, -0.15) is 5.10 Å². The third kappa shape index (κ3) is 2.11. The van der Waals surface area contributed by atoms with Gasteiger partial charge < -0.3 is 5.11 Å². The number of aliphatic hydroxyl groups is 1. The average molecular weight is 273 g/mol. The molecule has 1 aromatic heterocycles. The molecule has 1 unspecified atom stereocenters. The van der Waals surface area contributed by atoms with E-state index < -0.39 is 5.60 Å². The summed E-state index contributed by atoms with van der Waals surface area (Å²) in [5.74, 6) is 0.682. The highest BCUT2D eigenvalue weighted by Gasteiger charge is 2.34. The minimum Gasteiger partial charge on any atom is -0.384 e. The SMILES string of the molecule is Cn1ncc(Br)c1C(C)(O)CC1CCC1. The Morgan fingerprint density at radius 2 is 2.33 bits per heavy atom. The van der Waals surface area contributed by atoms with Gasteiger partial charge in [0.25, 0.3) is 0 Å². The van der Waals surface area contributed by atoms with Crippen LogP contribution < -0.4 is 0 Å². The second-order valence-corrected chi connectivity index (χ2v) is 5.59. The van der Waals surface area contributed by atoms with Crippen molar-refractivity contribution < 1.29 is 5.11 Å². The largest absolute Gasteiger partial charge is 0.384 e. The summed E-state index contributed by atoms with van der Waals surface area (Å²) >= 11 is 3.44. The molecule has 0 aliphatic heterocycles. The van der Waals surface area contributed by atoms with E-state index in [0.29, 0.717) is 5.92 Å². The summed E-state index contributed by atoms with van der Waals surface area (Å²) in [7, 11) is 1.87. The highest BCUT2D eigenvalue weighted by molar-refractivity contribution is 9.10. The van der Waals surface area contributed by atoms with Gasteiger partial charge in [-0.05, 0) is 35.2 Å². The second-order valence-electron chi connectivity index (χ2n) is 4.74. The Kier molecular flexibility index (Phi) is 2.90. The maximum Gasteiger partial charge on any atom is 0.105 e. The molecule has 0 amide bonds. The lowest BCUT2D eigenvalue weighted by Crippen LogP contribution is -2.30. The van der Waals surface area contributed by atoms with Crippen LogP contribution in [0.3, 0.4) is 0 Å². The van der Waals surface area contributed by atoms with Crippen LogP contribution >= 0.6 is 15.9 Å². The van der Waals surface area contributed by atoms with E-state index in [1.54, 1.807) is 10.9 Å². The molecule has 0 aromatic carbocycles. The zero-order valence-corrected chi connectivity index (χ0v) is 10.8. The predicted octanol–water partition coefficient (Wildman–Crippen LogP) is 2.58. The molecule has 2 rings (SSSR count). The van der Waals surface area contributed by atoms with Crippen molar-refractivity contribution in [2.24, 2.45) is 13.0 Å². The van der Waals surface area contributed by atoms with Crippen LogP contribution in [0.2, 0.25) is 0 Å². The van der Waals surface area contributed by atoms with Crippen molar-refractivity contribution >= 4 is 15.9 Å². The summed E-state index contributed by atoms with van der Waals surface area (Å²) in [6, 6.07) is 0. The molecule has 15 heavy (non-hydrogen) atoms. The molecule has 1 atom stereocenters. The minimum absolute atomic E-state index is 0.682. The lowest BCUT2D eigenvalue weighted by atomic mass is 9.77. The monoisotopic (exact) mass is 272 g/mol. The molecular weight excluding hydrogens is 256 g/mol. The smallest absolute Gasteiger partial charge is 0.105 e. The zero-order chi connectivity index (χ0) is 11.1. The van der Waals surface area contributed by atoms with Gasteiger partial charge in [-0.15, -0.1) is 0 Å². The molecule has 3 nitrogen and oxygen atoms in total. The number of nitrogens with zero attached hydrogens (tertiary/aromatic N) is 2. The van der Waals surface area contributed by atoms with Gasteiger partial charge in [-0.1, -0.05) is 19.3 Å². The number of rotatable bonds is 3. The first-order valence-corrected chi connectivity index (χ1v) is 6.20. The van der Waals surface area contributed by atoms with Crippen molar-refractivity contribution in [1.82, 2.24) is 9.78 Å². The van der Waals surface area contributed by atoms with Gasteiger partial charge in [-0.25, -0.2) is 0 Å². The van der Waals surface area contributed by atoms with Crippen LogP contribution in [0.15, 0.2) is 10.7 Å². The van der Waals surface area contributed by atoms with E-state index >= 15 is 0 Å². The highest BCUT2D eigenvalue weighted by atomic mass is 79.9. The van der Waals surface area contributed by atoms with Crippen molar-refractivity contribution in [2.45, 2.75) is 38.2 Å². The lowest BCUT2D eigenvalue weighted by Gasteiger charge is -2.33. The molecule has 1 aliphatic rings. The van der Waals surface area contributed by atoms with E-state index in [1.165, 1.54) is 19.3 Å². The quantitative estimate of drug-likeness (QED) is 0.919. The molecule has 4 heteroatoms. The summed E-state index contributed by atoms with van der Waals surface area (Å²) in [6.45, 7) is 1.88. The van der Waals surface area contributed by atoms with Gasteiger partial charge in [0.1, 0.15) is 5.60 Å². The van der Waals surface area contributed by atoms with Crippen molar-refractivity contribution in [2.75, 3.05) is 0 Å². The van der Waals surface area contributed by atoms with E-state index in [0.717, 1.165) is 16.6 Å². The van der Waals surface area contributed by atoms with Gasteiger partial charge in [0.05, 0.1) is 16.4 Å². The Hall–Kier alpha value is -0.350. The maximum absolute atomic E-state index is 10.5. The number of hydrogen-bond donors (Lipinski definition) is 1. The molecule has 0 radical (unpaired) electrons. The molecule has 1 saturated carbocycles. The van der Waals surface area contributed by atoms with Crippen molar-refractivity contribution in [3.63, 3.8) is 0 Å². The number of halogens is 1. The van der Waals surface area contributed by atoms with Crippen LogP contribution in [0.5, 0.6) is 0 Å². The van der Waals surface area contributed by atoms with Gasteiger partial charge in [-0.3, -0.25) is 4.68 Å². The van der Waals surface area contributed by atoms with Gasteiger partial charge in [0.15, 0.2) is 0 Å². The van der Waals surface area contributed by atoms with Crippen LogP contribution in [-0.2, 0) is 12.6 Å². The summed E-state index contributed by atoms with van der Waals surface area (Å²) in [4.78, 5) is 0. The Morgan fingerprint density at radius 1 is 1.67 bits per heavy atom. The van der Waals surface area contributed by atoms with E-state index in [9.17, 15) is 5.11 Å². The standard InChI is InChI=1S/C11H17BrN2O/c1-11(15,6-8-4-3-5-8)10-9(12)7-13-14(10)2/h7-8,15H,3-6H2,1-2H3. The molecule has 0 spiro atoms. The topological polar surface area (TPSA) is 38.0 Å². The van der Waals surface area contributed by atoms with E-state index in [4.69, 9.17) is 0 Å². The van der Waals surface area contributed by atoms with Crippen molar-refractivity contribution in [1.29, 1.82) is 0 Å². The van der Waals surface area contributed by atoms with Crippen molar-refractivity contribution in [3.05, 3.63) is 16.4 Å². The molecule has 0 bridgehead atoms. The van der Waals surface area contributed by atoms with Gasteiger partial charge >= 0.3 is 0 Å². The van der Waals surface area contributed by atoms with Crippen molar-refractivity contribution in [3.8, 4) is 0 Å². The van der Waals surface area contributed by atoms with Gasteiger partial charge in [0.2, 0.25) is 0 Å². The summed E-state index contributed by atoms with van der Waals surface area (Å²) in [6.07, 6.45) is 6.40. The first kappa shape index (κ1) is 11.1. The van der Waals surface area contributed by atoms with Crippen LogP contribution in [0, 0.1) is 5.92 Å². The third-order valence-corrected chi connectivity index (χ3v) is 3.90. The molecule has 1 N–H and O–H groups in total. The molecule has 1 fully saturated rings. The number of aryl methyl sites for hydroxylation is 1. The Balaban J connectivity index is 2.19. The maximum atomic E-state index is 10.5. The first-order chi connectivity index (χ1) is 7.00. The minimum atomic E-state index is -0.769.